The first-order chi connectivity index (χ1) is 10.8. The van der Waals surface area contributed by atoms with Gasteiger partial charge in [-0.3, -0.25) is 0 Å². The van der Waals surface area contributed by atoms with E-state index >= 15 is 0 Å². The number of hydrogen-bond acceptors (Lipinski definition) is 4. The minimum atomic E-state index is -4.76. The lowest BCUT2D eigenvalue weighted by atomic mass is 10.1. The van der Waals surface area contributed by atoms with Gasteiger partial charge in [0, 0.05) is 0 Å². The predicted molar refractivity (Wildman–Crippen MR) is 76.1 cm³/mol. The normalized spacial score (nSPS) is 13.3. The van der Waals surface area contributed by atoms with Gasteiger partial charge in [-0.15, -0.1) is 13.2 Å². The highest BCUT2D eigenvalue weighted by Gasteiger charge is 2.31. The Kier molecular flexibility index (Phi) is 3.87. The Labute approximate surface area is 132 Å². The number of H-pyrrole nitrogens is 1. The fourth-order valence-corrected chi connectivity index (χ4v) is 2.17. The lowest BCUT2D eigenvalue weighted by Crippen LogP contribution is -2.17. The van der Waals surface area contributed by atoms with Gasteiger partial charge in [-0.05, 0) is 29.8 Å². The minimum absolute atomic E-state index is 0.208. The number of aromatic nitrogens is 3. The maximum atomic E-state index is 12.1. The zero-order valence-corrected chi connectivity index (χ0v) is 12.1. The second-order valence-electron chi connectivity index (χ2n) is 4.65. The number of benzene rings is 1. The van der Waals surface area contributed by atoms with E-state index in [0.29, 0.717) is 16.7 Å². The number of rotatable bonds is 3. The van der Waals surface area contributed by atoms with Crippen molar-refractivity contribution in [1.82, 2.24) is 15.0 Å². The lowest BCUT2D eigenvalue weighted by Gasteiger charge is -2.11. The standard InChI is InChI=1S/C14H9ClF3N3O2/c15-10-6-5-9-12(20-10)21-13(19-9)11(22)7-1-3-8(4-2-7)23-14(16,17)18/h1-6,11,22H,(H,19,20,21). The maximum absolute atomic E-state index is 12.1. The van der Waals surface area contributed by atoms with Gasteiger partial charge < -0.3 is 14.8 Å². The predicted octanol–water partition coefficient (Wildman–Crippen LogP) is 3.59. The molecule has 2 heterocycles. The van der Waals surface area contributed by atoms with Gasteiger partial charge in [-0.1, -0.05) is 23.7 Å². The Balaban J connectivity index is 1.85. The molecule has 0 saturated carbocycles. The molecule has 0 fully saturated rings. The van der Waals surface area contributed by atoms with Crippen molar-refractivity contribution in [2.45, 2.75) is 12.5 Å². The van der Waals surface area contributed by atoms with E-state index in [2.05, 4.69) is 19.7 Å². The second-order valence-corrected chi connectivity index (χ2v) is 5.03. The lowest BCUT2D eigenvalue weighted by molar-refractivity contribution is -0.274. The molecule has 5 nitrogen and oxygen atoms in total. The van der Waals surface area contributed by atoms with Crippen molar-refractivity contribution in [2.75, 3.05) is 0 Å². The molecule has 0 saturated heterocycles. The van der Waals surface area contributed by atoms with Crippen LogP contribution >= 0.6 is 11.6 Å². The molecule has 2 N–H and O–H groups in total. The van der Waals surface area contributed by atoms with Crippen LogP contribution < -0.4 is 4.74 Å². The number of nitrogens with one attached hydrogen (secondary N) is 1. The number of imidazole rings is 1. The third-order valence-corrected chi connectivity index (χ3v) is 3.23. The zero-order chi connectivity index (χ0) is 16.6. The summed E-state index contributed by atoms with van der Waals surface area (Å²) in [5.74, 6) is -0.161. The van der Waals surface area contributed by atoms with Crippen molar-refractivity contribution in [3.8, 4) is 5.75 Å². The van der Waals surface area contributed by atoms with Crippen molar-refractivity contribution < 1.29 is 23.0 Å². The molecule has 1 atom stereocenters. The molecular formula is C14H9ClF3N3O2. The van der Waals surface area contributed by atoms with Crippen LogP contribution in [0.1, 0.15) is 17.5 Å². The van der Waals surface area contributed by atoms with E-state index in [-0.39, 0.29) is 16.7 Å². The monoisotopic (exact) mass is 343 g/mol. The Bertz CT molecular complexity index is 833. The number of aliphatic hydroxyl groups excluding tert-OH is 1. The first kappa shape index (κ1) is 15.6. The third kappa shape index (κ3) is 3.54. The molecule has 9 heteroatoms. The second kappa shape index (κ2) is 5.71. The Morgan fingerprint density at radius 1 is 1.09 bits per heavy atom. The highest BCUT2D eigenvalue weighted by Crippen LogP contribution is 2.27. The van der Waals surface area contributed by atoms with Crippen molar-refractivity contribution >= 4 is 22.8 Å². The Morgan fingerprint density at radius 3 is 2.43 bits per heavy atom. The number of ether oxygens (including phenoxy) is 1. The number of fused-ring (bicyclic) bond motifs is 1. The summed E-state index contributed by atoms with van der Waals surface area (Å²) < 4.78 is 40.1. The Hall–Kier alpha value is -2.32. The van der Waals surface area contributed by atoms with Gasteiger partial charge in [0.1, 0.15) is 22.8 Å². The summed E-state index contributed by atoms with van der Waals surface area (Å²) in [5.41, 5.74) is 1.27. The molecule has 2 aromatic heterocycles. The van der Waals surface area contributed by atoms with E-state index in [4.69, 9.17) is 11.6 Å². The SMILES string of the molecule is OC(c1ccc(OC(F)(F)F)cc1)c1nc2nc(Cl)ccc2[nH]1. The van der Waals surface area contributed by atoms with Crippen molar-refractivity contribution in [3.05, 3.63) is 52.9 Å². The summed E-state index contributed by atoms with van der Waals surface area (Å²) in [7, 11) is 0. The van der Waals surface area contributed by atoms with E-state index in [1.807, 2.05) is 0 Å². The molecule has 0 radical (unpaired) electrons. The fourth-order valence-electron chi connectivity index (χ4n) is 2.03. The van der Waals surface area contributed by atoms with Gasteiger partial charge in [0.05, 0.1) is 5.52 Å². The summed E-state index contributed by atoms with van der Waals surface area (Å²) in [5, 5.41) is 10.5. The van der Waals surface area contributed by atoms with Crippen molar-refractivity contribution in [1.29, 1.82) is 0 Å². The van der Waals surface area contributed by atoms with Gasteiger partial charge >= 0.3 is 6.36 Å². The fraction of sp³-hybridized carbons (Fsp3) is 0.143. The van der Waals surface area contributed by atoms with Gasteiger partial charge in [0.15, 0.2) is 5.65 Å². The van der Waals surface area contributed by atoms with E-state index in [0.717, 1.165) is 12.1 Å². The summed E-state index contributed by atoms with van der Waals surface area (Å²) in [4.78, 5) is 11.0. The largest absolute Gasteiger partial charge is 0.573 e. The van der Waals surface area contributed by atoms with E-state index < -0.39 is 12.5 Å². The first-order valence-corrected chi connectivity index (χ1v) is 6.75. The van der Waals surface area contributed by atoms with Crippen molar-refractivity contribution in [2.24, 2.45) is 0 Å². The Morgan fingerprint density at radius 2 is 1.78 bits per heavy atom. The summed E-state index contributed by atoms with van der Waals surface area (Å²) in [6.45, 7) is 0. The molecule has 120 valence electrons. The molecule has 0 spiro atoms. The molecule has 1 aromatic carbocycles. The molecule has 0 bridgehead atoms. The topological polar surface area (TPSA) is 71.0 Å². The van der Waals surface area contributed by atoms with E-state index in [1.54, 1.807) is 12.1 Å². The number of aliphatic hydroxyl groups is 1. The average molecular weight is 344 g/mol. The van der Waals surface area contributed by atoms with E-state index in [1.165, 1.54) is 12.1 Å². The number of aromatic amines is 1. The first-order valence-electron chi connectivity index (χ1n) is 6.38. The number of pyridine rings is 1. The summed E-state index contributed by atoms with van der Waals surface area (Å²) in [6.07, 6.45) is -5.91. The minimum Gasteiger partial charge on any atom is -0.406 e. The molecular weight excluding hydrogens is 335 g/mol. The van der Waals surface area contributed by atoms with E-state index in [9.17, 15) is 18.3 Å². The van der Waals surface area contributed by atoms with Gasteiger partial charge in [0.2, 0.25) is 0 Å². The molecule has 1 unspecified atom stereocenters. The van der Waals surface area contributed by atoms with Crippen LogP contribution in [0.15, 0.2) is 36.4 Å². The zero-order valence-electron chi connectivity index (χ0n) is 11.3. The molecule has 0 amide bonds. The molecule has 0 aliphatic rings. The van der Waals surface area contributed by atoms with Crippen LogP contribution in [0.5, 0.6) is 5.75 Å². The molecule has 23 heavy (non-hydrogen) atoms. The van der Waals surface area contributed by atoms with Crippen LogP contribution in [0.25, 0.3) is 11.2 Å². The summed E-state index contributed by atoms with van der Waals surface area (Å²) in [6, 6.07) is 8.10. The van der Waals surface area contributed by atoms with Crippen molar-refractivity contribution in [3.63, 3.8) is 0 Å². The third-order valence-electron chi connectivity index (χ3n) is 3.02. The van der Waals surface area contributed by atoms with Crippen LogP contribution in [0.3, 0.4) is 0 Å². The van der Waals surface area contributed by atoms with Crippen LogP contribution in [0.2, 0.25) is 5.15 Å². The summed E-state index contributed by atoms with van der Waals surface area (Å²) >= 11 is 5.76. The number of hydrogen-bond donors (Lipinski definition) is 2. The van der Waals surface area contributed by atoms with Crippen LogP contribution in [0.4, 0.5) is 13.2 Å². The molecule has 0 aliphatic heterocycles. The van der Waals surface area contributed by atoms with Gasteiger partial charge in [-0.25, -0.2) is 9.97 Å². The van der Waals surface area contributed by atoms with Crippen LogP contribution in [-0.4, -0.2) is 26.4 Å². The average Bonchev–Trinajstić information content (AvgIpc) is 2.88. The highest BCUT2D eigenvalue weighted by molar-refractivity contribution is 6.29. The quantitative estimate of drug-likeness (QED) is 0.713. The highest BCUT2D eigenvalue weighted by atomic mass is 35.5. The van der Waals surface area contributed by atoms with Gasteiger partial charge in [-0.2, -0.15) is 0 Å². The molecule has 3 aromatic rings. The van der Waals surface area contributed by atoms with Crippen LogP contribution in [-0.2, 0) is 0 Å². The molecule has 0 aliphatic carbocycles. The smallest absolute Gasteiger partial charge is 0.406 e. The number of nitrogens with zero attached hydrogens (tertiary/aromatic N) is 2. The number of alkyl halides is 3. The van der Waals surface area contributed by atoms with Crippen LogP contribution in [0, 0.1) is 0 Å². The van der Waals surface area contributed by atoms with Gasteiger partial charge in [0.25, 0.3) is 0 Å². The maximum Gasteiger partial charge on any atom is 0.573 e. The number of halogens is 4. The molecule has 3 rings (SSSR count).